The average molecular weight is 656 g/mol. The molecule has 0 radical (unpaired) electrons. The number of aliphatic hydroxyl groups excluding tert-OH is 1. The van der Waals surface area contributed by atoms with Crippen LogP contribution in [-0.2, 0) is 23.4 Å². The van der Waals surface area contributed by atoms with Crippen LogP contribution in [0.4, 0.5) is 19.0 Å². The van der Waals surface area contributed by atoms with Crippen LogP contribution < -0.4 is 15.3 Å². The molecule has 3 heterocycles. The molecule has 7 atom stereocenters. The Kier molecular flexibility index (Phi) is 7.90. The highest BCUT2D eigenvalue weighted by molar-refractivity contribution is 7.52. The molecule has 6 rings (SSSR count). The van der Waals surface area contributed by atoms with E-state index in [1.165, 1.54) is 36.8 Å². The summed E-state index contributed by atoms with van der Waals surface area (Å²) in [5.74, 6) is -2.00. The monoisotopic (exact) mass is 655 g/mol. The van der Waals surface area contributed by atoms with Crippen LogP contribution in [-0.4, -0.2) is 72.5 Å². The molecule has 3 fully saturated rings. The molecule has 3 aromatic rings. The van der Waals surface area contributed by atoms with Gasteiger partial charge in [0.05, 0.1) is 11.6 Å². The van der Waals surface area contributed by atoms with Gasteiger partial charge >= 0.3 is 19.9 Å². The minimum Gasteiger partial charge on any atom is -0.461 e. The van der Waals surface area contributed by atoms with E-state index in [-0.39, 0.29) is 37.3 Å². The SMILES string of the molecule is C[C@@H](NP(=O)(Oc1ccccc1)O[C@H]1[C@]2(O)[C@@H](O)[C@H](c3ccc4c(N)ncnn34)O[C@]12C)C(=O)O[C@H]1CC[C@H](C(F)(F)F)CC1. The number of nitrogens with one attached hydrogen (secondary N) is 1. The number of hydrogen-bond donors (Lipinski definition) is 4. The Labute approximate surface area is 255 Å². The zero-order valence-electron chi connectivity index (χ0n) is 24.3. The number of ether oxygens (including phenoxy) is 2. The fourth-order valence-electron chi connectivity index (χ4n) is 6.22. The predicted octanol–water partition coefficient (Wildman–Crippen LogP) is 3.46. The van der Waals surface area contributed by atoms with Crippen molar-refractivity contribution < 1.29 is 51.3 Å². The summed E-state index contributed by atoms with van der Waals surface area (Å²) in [6.07, 6.45) is -8.06. The van der Waals surface area contributed by atoms with Gasteiger partial charge in [-0.25, -0.2) is 14.1 Å². The third-order valence-electron chi connectivity index (χ3n) is 8.86. The van der Waals surface area contributed by atoms with Gasteiger partial charge in [-0.2, -0.15) is 23.4 Å². The molecule has 244 valence electrons. The van der Waals surface area contributed by atoms with Crippen LogP contribution in [0.3, 0.4) is 0 Å². The van der Waals surface area contributed by atoms with Crippen LogP contribution in [0.25, 0.3) is 5.52 Å². The van der Waals surface area contributed by atoms with Crippen molar-refractivity contribution >= 4 is 25.1 Å². The first-order valence-corrected chi connectivity index (χ1v) is 15.9. The normalized spacial score (nSPS) is 33.3. The molecule has 3 aliphatic rings. The van der Waals surface area contributed by atoms with Gasteiger partial charge in [-0.15, -0.1) is 0 Å². The van der Waals surface area contributed by atoms with Gasteiger partial charge in [0.2, 0.25) is 0 Å². The minimum atomic E-state index is -4.51. The Bertz CT molecular complexity index is 1620. The van der Waals surface area contributed by atoms with E-state index in [0.29, 0.717) is 11.2 Å². The van der Waals surface area contributed by atoms with E-state index < -0.39 is 67.5 Å². The number of halogens is 3. The molecule has 13 nitrogen and oxygen atoms in total. The molecular weight excluding hydrogens is 622 g/mol. The first kappa shape index (κ1) is 31.7. The van der Waals surface area contributed by atoms with Gasteiger partial charge in [0.15, 0.2) is 11.4 Å². The Morgan fingerprint density at radius 3 is 2.51 bits per heavy atom. The molecule has 0 spiro atoms. The lowest BCUT2D eigenvalue weighted by Gasteiger charge is -2.31. The molecule has 17 heteroatoms. The quantitative estimate of drug-likeness (QED) is 0.195. The van der Waals surface area contributed by atoms with E-state index >= 15 is 0 Å². The summed E-state index contributed by atoms with van der Waals surface area (Å²) in [6, 6.07) is 9.89. The van der Waals surface area contributed by atoms with Gasteiger partial charge in [-0.05, 0) is 63.8 Å². The molecule has 1 aromatic carbocycles. The van der Waals surface area contributed by atoms with E-state index in [0.717, 1.165) is 0 Å². The average Bonchev–Trinajstić information content (AvgIpc) is 3.25. The van der Waals surface area contributed by atoms with Crippen molar-refractivity contribution in [3.05, 3.63) is 54.5 Å². The van der Waals surface area contributed by atoms with Gasteiger partial charge in [-0.1, -0.05) is 18.2 Å². The molecule has 0 bridgehead atoms. The summed E-state index contributed by atoms with van der Waals surface area (Å²) in [5.41, 5.74) is 3.16. The second-order valence-corrected chi connectivity index (χ2v) is 13.5. The fraction of sp³-hybridized carbons (Fsp3) is 0.536. The van der Waals surface area contributed by atoms with E-state index in [4.69, 9.17) is 24.3 Å². The maximum absolute atomic E-state index is 14.2. The summed E-state index contributed by atoms with van der Waals surface area (Å²) in [7, 11) is -4.51. The predicted molar refractivity (Wildman–Crippen MR) is 151 cm³/mol. The van der Waals surface area contributed by atoms with E-state index in [1.807, 2.05) is 0 Å². The minimum absolute atomic E-state index is 0.0384. The number of aromatic nitrogens is 3. The highest BCUT2D eigenvalue weighted by Gasteiger charge is 2.87. The number of fused-ring (bicyclic) bond motifs is 2. The molecule has 2 aliphatic carbocycles. The lowest BCUT2D eigenvalue weighted by molar-refractivity contribution is -0.188. The molecule has 0 amide bonds. The standard InChI is InChI=1S/C28H33F3N5O8P/c1-15(24(38)41-17-10-8-16(9-11-17)28(29,30)31)35-45(40,43-18-6-4-3-5-7-18)44-25-26(2)27(25,39)22(37)21(42-26)19-12-13-20-23(32)33-14-34-36(19)20/h3-7,12-17,21-22,25,37,39H,8-11H2,1-2H3,(H,35,40)(H2,32,33,34)/t15-,16-,17-,21+,22+,25-,26-,27-,45?/m1/s1. The second-order valence-electron chi connectivity index (χ2n) is 11.8. The molecule has 2 aromatic heterocycles. The number of nitrogens with zero attached hydrogens (tertiary/aromatic N) is 3. The highest BCUT2D eigenvalue weighted by atomic mass is 31.2. The Balaban J connectivity index is 1.17. The van der Waals surface area contributed by atoms with Gasteiger partial charge in [0.1, 0.15) is 53.7 Å². The molecule has 2 saturated carbocycles. The van der Waals surface area contributed by atoms with Crippen LogP contribution in [0.2, 0.25) is 0 Å². The van der Waals surface area contributed by atoms with Crippen molar-refractivity contribution in [1.82, 2.24) is 19.7 Å². The summed E-state index contributed by atoms with van der Waals surface area (Å²) >= 11 is 0. The summed E-state index contributed by atoms with van der Waals surface area (Å²) in [6.45, 7) is 2.81. The number of nitrogens with two attached hydrogens (primary N) is 1. The smallest absolute Gasteiger partial charge is 0.459 e. The molecule has 1 saturated heterocycles. The van der Waals surface area contributed by atoms with Crippen LogP contribution >= 0.6 is 7.75 Å². The maximum atomic E-state index is 14.2. The van der Waals surface area contributed by atoms with Crippen LogP contribution in [0.5, 0.6) is 5.75 Å². The Morgan fingerprint density at radius 1 is 1.20 bits per heavy atom. The topological polar surface area (TPSA) is 180 Å². The van der Waals surface area contributed by atoms with Crippen molar-refractivity contribution in [1.29, 1.82) is 0 Å². The molecule has 45 heavy (non-hydrogen) atoms. The number of carbonyl (C=O) groups excluding carboxylic acids is 1. The van der Waals surface area contributed by atoms with Crippen molar-refractivity contribution in [3.63, 3.8) is 0 Å². The number of anilines is 1. The van der Waals surface area contributed by atoms with E-state index in [2.05, 4.69) is 15.2 Å². The Hall–Kier alpha value is -3.27. The number of hydrogen-bond acceptors (Lipinski definition) is 11. The lowest BCUT2D eigenvalue weighted by Crippen LogP contribution is -2.40. The number of esters is 1. The first-order valence-electron chi connectivity index (χ1n) is 14.4. The van der Waals surface area contributed by atoms with Crippen molar-refractivity contribution in [3.8, 4) is 5.75 Å². The number of nitrogen functional groups attached to an aromatic ring is 1. The second kappa shape index (κ2) is 11.2. The number of para-hydroxylation sites is 1. The van der Waals surface area contributed by atoms with Crippen molar-refractivity contribution in [2.24, 2.45) is 5.92 Å². The Morgan fingerprint density at radius 2 is 1.89 bits per heavy atom. The molecule has 1 unspecified atom stereocenters. The van der Waals surface area contributed by atoms with Crippen LogP contribution in [0.15, 0.2) is 48.8 Å². The maximum Gasteiger partial charge on any atom is 0.459 e. The first-order chi connectivity index (χ1) is 21.2. The lowest BCUT2D eigenvalue weighted by atomic mass is 9.87. The molecule has 5 N–H and O–H groups in total. The number of alkyl halides is 3. The van der Waals surface area contributed by atoms with Crippen molar-refractivity contribution in [2.75, 3.05) is 5.73 Å². The largest absolute Gasteiger partial charge is 0.461 e. The van der Waals surface area contributed by atoms with Gasteiger partial charge < -0.3 is 29.9 Å². The van der Waals surface area contributed by atoms with E-state index in [1.54, 1.807) is 30.3 Å². The third-order valence-corrected chi connectivity index (χ3v) is 10.5. The highest BCUT2D eigenvalue weighted by Crippen LogP contribution is 2.68. The van der Waals surface area contributed by atoms with E-state index in [9.17, 15) is 32.7 Å². The molecular formula is C28H33F3N5O8P. The fourth-order valence-corrected chi connectivity index (χ4v) is 7.99. The zero-order chi connectivity index (χ0) is 32.4. The molecule has 1 aliphatic heterocycles. The summed E-state index contributed by atoms with van der Waals surface area (Å²) in [4.78, 5) is 16.9. The van der Waals surface area contributed by atoms with Crippen LogP contribution in [0, 0.1) is 5.92 Å². The summed E-state index contributed by atoms with van der Waals surface area (Å²) in [5, 5.41) is 29.5. The third kappa shape index (κ3) is 5.57. The number of aliphatic hydroxyl groups is 2. The number of rotatable bonds is 9. The number of carbonyl (C=O) groups is 1. The van der Waals surface area contributed by atoms with Crippen LogP contribution in [0.1, 0.15) is 51.3 Å². The zero-order valence-corrected chi connectivity index (χ0v) is 25.1. The summed E-state index contributed by atoms with van der Waals surface area (Å²) < 4.78 is 77.7. The van der Waals surface area contributed by atoms with Gasteiger partial charge in [-0.3, -0.25) is 9.32 Å². The number of benzene rings is 1. The van der Waals surface area contributed by atoms with Crippen molar-refractivity contribution in [2.45, 2.75) is 87.4 Å². The van der Waals surface area contributed by atoms with Gasteiger partial charge in [0.25, 0.3) is 0 Å². The van der Waals surface area contributed by atoms with Gasteiger partial charge in [0, 0.05) is 0 Å².